The van der Waals surface area contributed by atoms with Crippen LogP contribution in [0.4, 0.5) is 0 Å². The first-order valence-corrected chi connectivity index (χ1v) is 18.1. The highest BCUT2D eigenvalue weighted by atomic mass is 16.3. The number of fused-ring (bicyclic) bond motifs is 7. The van der Waals surface area contributed by atoms with Gasteiger partial charge in [0.25, 0.3) is 0 Å². The van der Waals surface area contributed by atoms with Crippen molar-refractivity contribution in [3.05, 3.63) is 182 Å². The molecule has 252 valence electrons. The van der Waals surface area contributed by atoms with Crippen LogP contribution in [-0.2, 0) is 0 Å². The van der Waals surface area contributed by atoms with Crippen LogP contribution in [0, 0.1) is 0 Å². The molecule has 3 heterocycles. The predicted octanol–water partition coefficient (Wildman–Crippen LogP) is 12.7. The highest BCUT2D eigenvalue weighted by Crippen LogP contribution is 2.43. The van der Waals surface area contributed by atoms with Gasteiger partial charge in [0.1, 0.15) is 11.2 Å². The number of aromatic nitrogens is 4. The fraction of sp³-hybridized carbons (Fsp3) is 0. The van der Waals surface area contributed by atoms with Crippen LogP contribution in [-0.4, -0.2) is 19.5 Å². The van der Waals surface area contributed by atoms with E-state index in [1.807, 2.05) is 60.7 Å². The van der Waals surface area contributed by atoms with Gasteiger partial charge in [-0.2, -0.15) is 0 Å². The molecule has 0 fully saturated rings. The van der Waals surface area contributed by atoms with Crippen LogP contribution < -0.4 is 0 Å². The minimum absolute atomic E-state index is 0.588. The van der Waals surface area contributed by atoms with Gasteiger partial charge in [-0.05, 0) is 52.7 Å². The highest BCUT2D eigenvalue weighted by molar-refractivity contribution is 6.15. The smallest absolute Gasteiger partial charge is 0.164 e. The average Bonchev–Trinajstić information content (AvgIpc) is 3.79. The summed E-state index contributed by atoms with van der Waals surface area (Å²) in [7, 11) is 0. The van der Waals surface area contributed by atoms with Crippen LogP contribution in [0.3, 0.4) is 0 Å². The van der Waals surface area contributed by atoms with Crippen molar-refractivity contribution >= 4 is 54.5 Å². The van der Waals surface area contributed by atoms with E-state index in [-0.39, 0.29) is 0 Å². The molecule has 3 aromatic heterocycles. The van der Waals surface area contributed by atoms with Gasteiger partial charge in [-0.15, -0.1) is 0 Å². The zero-order valence-electron chi connectivity index (χ0n) is 29.0. The van der Waals surface area contributed by atoms with E-state index in [9.17, 15) is 0 Å². The Morgan fingerprint density at radius 2 is 0.926 bits per heavy atom. The van der Waals surface area contributed by atoms with Crippen molar-refractivity contribution < 1.29 is 4.42 Å². The number of para-hydroxylation sites is 2. The molecule has 0 amide bonds. The lowest BCUT2D eigenvalue weighted by Gasteiger charge is -2.13. The normalized spacial score (nSPS) is 11.7. The fourth-order valence-corrected chi connectivity index (χ4v) is 7.93. The van der Waals surface area contributed by atoms with Gasteiger partial charge in [-0.25, -0.2) is 15.0 Å². The molecule has 11 rings (SSSR count). The van der Waals surface area contributed by atoms with Crippen LogP contribution in [0.2, 0.25) is 0 Å². The summed E-state index contributed by atoms with van der Waals surface area (Å²) in [4.78, 5) is 14.9. The number of rotatable bonds is 5. The summed E-state index contributed by atoms with van der Waals surface area (Å²) >= 11 is 0. The van der Waals surface area contributed by atoms with Crippen molar-refractivity contribution in [2.24, 2.45) is 0 Å². The lowest BCUT2D eigenvalue weighted by atomic mass is 9.96. The summed E-state index contributed by atoms with van der Waals surface area (Å²) in [5.74, 6) is 1.83. The largest absolute Gasteiger partial charge is 0.455 e. The minimum atomic E-state index is 0.588. The highest BCUT2D eigenvalue weighted by Gasteiger charge is 2.20. The first-order chi connectivity index (χ1) is 26.8. The van der Waals surface area contributed by atoms with Crippen molar-refractivity contribution in [2.45, 2.75) is 0 Å². The molecule has 0 N–H and O–H groups in total. The van der Waals surface area contributed by atoms with Crippen LogP contribution in [0.5, 0.6) is 0 Å². The molecule has 0 aliphatic heterocycles. The molecule has 0 unspecified atom stereocenters. The summed E-state index contributed by atoms with van der Waals surface area (Å²) in [6, 6.07) is 63.3. The maximum absolute atomic E-state index is 6.95. The molecule has 0 aliphatic carbocycles. The second-order valence-electron chi connectivity index (χ2n) is 13.6. The van der Waals surface area contributed by atoms with Crippen LogP contribution in [0.25, 0.3) is 105 Å². The molecule has 0 spiro atoms. The molecule has 0 saturated heterocycles. The molecule has 5 heteroatoms. The lowest BCUT2D eigenvalue weighted by molar-refractivity contribution is 0.670. The first-order valence-electron chi connectivity index (χ1n) is 18.1. The Kier molecular flexibility index (Phi) is 6.79. The monoisotopic (exact) mass is 690 g/mol. The molecule has 0 aliphatic rings. The number of nitrogens with zero attached hydrogens (tertiary/aromatic N) is 4. The number of hydrogen-bond acceptors (Lipinski definition) is 4. The molecule has 5 nitrogen and oxygen atoms in total. The van der Waals surface area contributed by atoms with Crippen molar-refractivity contribution in [3.63, 3.8) is 0 Å². The van der Waals surface area contributed by atoms with E-state index in [1.165, 1.54) is 21.5 Å². The Morgan fingerprint density at radius 3 is 1.59 bits per heavy atom. The molecule has 0 saturated carbocycles. The summed E-state index contributed by atoms with van der Waals surface area (Å²) in [5, 5.41) is 6.88. The Labute approximate surface area is 310 Å². The van der Waals surface area contributed by atoms with Gasteiger partial charge < -0.3 is 8.98 Å². The molecule has 0 radical (unpaired) electrons. The van der Waals surface area contributed by atoms with Gasteiger partial charge in [-0.3, -0.25) is 0 Å². The van der Waals surface area contributed by atoms with E-state index in [2.05, 4.69) is 126 Å². The molecular formula is C49H30N4O. The third kappa shape index (κ3) is 4.83. The Hall–Kier alpha value is -7.37. The van der Waals surface area contributed by atoms with E-state index in [0.29, 0.717) is 17.5 Å². The standard InChI is InChI=1S/C49H30N4O/c1-3-15-32(16-4-1)47-50-48(33-17-5-2-6-18-33)52-49(51-47)34-26-27-40-42-30-35(53-43-24-11-9-21-38(43)39-22-10-12-25-44(39)53)29-41(46(42)54-45(40)28-34)37-23-13-19-31-14-7-8-20-36(31)37/h1-30H. The van der Waals surface area contributed by atoms with Crippen LogP contribution in [0.1, 0.15) is 0 Å². The zero-order valence-corrected chi connectivity index (χ0v) is 29.0. The Balaban J connectivity index is 1.17. The van der Waals surface area contributed by atoms with Gasteiger partial charge >= 0.3 is 0 Å². The number of furan rings is 1. The van der Waals surface area contributed by atoms with E-state index in [4.69, 9.17) is 19.4 Å². The SMILES string of the molecule is c1ccc(-c2nc(-c3ccccc3)nc(-c3ccc4c(c3)oc3c(-c5cccc6ccccc56)cc(-n5c6ccccc6c6ccccc65)cc34)n2)cc1. The van der Waals surface area contributed by atoms with Crippen molar-refractivity contribution in [2.75, 3.05) is 0 Å². The molecule has 8 aromatic carbocycles. The van der Waals surface area contributed by atoms with E-state index < -0.39 is 0 Å². The average molecular weight is 691 g/mol. The van der Waals surface area contributed by atoms with Gasteiger partial charge in [0, 0.05) is 49.5 Å². The second-order valence-corrected chi connectivity index (χ2v) is 13.6. The Bertz CT molecular complexity index is 3100. The molecule has 0 bridgehead atoms. The summed E-state index contributed by atoms with van der Waals surface area (Å²) in [5.41, 5.74) is 9.89. The molecule has 0 atom stereocenters. The second kappa shape index (κ2) is 12.1. The molecule has 54 heavy (non-hydrogen) atoms. The third-order valence-electron chi connectivity index (χ3n) is 10.4. The number of hydrogen-bond donors (Lipinski definition) is 0. The van der Waals surface area contributed by atoms with Gasteiger partial charge in [-0.1, -0.05) is 146 Å². The van der Waals surface area contributed by atoms with Crippen LogP contribution in [0.15, 0.2) is 186 Å². The first kappa shape index (κ1) is 30.3. The topological polar surface area (TPSA) is 56.7 Å². The third-order valence-corrected chi connectivity index (χ3v) is 10.4. The number of benzene rings is 8. The lowest BCUT2D eigenvalue weighted by Crippen LogP contribution is -2.00. The van der Waals surface area contributed by atoms with Crippen molar-refractivity contribution in [3.8, 4) is 51.0 Å². The fourth-order valence-electron chi connectivity index (χ4n) is 7.93. The zero-order chi connectivity index (χ0) is 35.6. The van der Waals surface area contributed by atoms with E-state index >= 15 is 0 Å². The quantitative estimate of drug-likeness (QED) is 0.180. The summed E-state index contributed by atoms with van der Waals surface area (Å²) < 4.78 is 9.33. The van der Waals surface area contributed by atoms with Gasteiger partial charge in [0.2, 0.25) is 0 Å². The van der Waals surface area contributed by atoms with E-state index in [0.717, 1.165) is 66.5 Å². The summed E-state index contributed by atoms with van der Waals surface area (Å²) in [6.07, 6.45) is 0. The van der Waals surface area contributed by atoms with Gasteiger partial charge in [0.05, 0.1) is 11.0 Å². The maximum atomic E-state index is 6.95. The van der Waals surface area contributed by atoms with Crippen molar-refractivity contribution in [1.29, 1.82) is 0 Å². The van der Waals surface area contributed by atoms with Gasteiger partial charge in [0.15, 0.2) is 17.5 Å². The predicted molar refractivity (Wildman–Crippen MR) is 221 cm³/mol. The molecular weight excluding hydrogens is 661 g/mol. The molecule has 11 aromatic rings. The van der Waals surface area contributed by atoms with E-state index in [1.54, 1.807) is 0 Å². The maximum Gasteiger partial charge on any atom is 0.164 e. The Morgan fingerprint density at radius 1 is 0.370 bits per heavy atom. The van der Waals surface area contributed by atoms with Crippen molar-refractivity contribution in [1.82, 2.24) is 19.5 Å². The minimum Gasteiger partial charge on any atom is -0.455 e. The summed E-state index contributed by atoms with van der Waals surface area (Å²) in [6.45, 7) is 0. The van der Waals surface area contributed by atoms with Crippen LogP contribution >= 0.6 is 0 Å².